The van der Waals surface area contributed by atoms with E-state index in [1.807, 2.05) is 37.3 Å². The Kier molecular flexibility index (Phi) is 6.75. The second-order valence-electron chi connectivity index (χ2n) is 7.56. The van der Waals surface area contributed by atoms with Crippen molar-refractivity contribution in [2.24, 2.45) is 0 Å². The third kappa shape index (κ3) is 5.22. The minimum absolute atomic E-state index is 0.0303. The van der Waals surface area contributed by atoms with Gasteiger partial charge in [0.25, 0.3) is 0 Å². The van der Waals surface area contributed by atoms with Gasteiger partial charge in [0.05, 0.1) is 16.0 Å². The Morgan fingerprint density at radius 3 is 2.42 bits per heavy atom. The Balaban J connectivity index is 1.45. The van der Waals surface area contributed by atoms with Crippen LogP contribution in [-0.4, -0.2) is 58.8 Å². The summed E-state index contributed by atoms with van der Waals surface area (Å²) in [7, 11) is -3.78. The molecule has 1 aliphatic heterocycles. The molecular weight excluding hydrogens is 469 g/mol. The first-order chi connectivity index (χ1) is 15.7. The number of anilines is 3. The summed E-state index contributed by atoms with van der Waals surface area (Å²) in [4.78, 5) is 15.0. The van der Waals surface area contributed by atoms with E-state index in [-0.39, 0.29) is 35.0 Å². The fraction of sp³-hybridized carbons (Fsp3) is 0.286. The molecule has 0 aliphatic carbocycles. The lowest BCUT2D eigenvalue weighted by Crippen LogP contribution is -2.49. The molecule has 1 atom stereocenters. The van der Waals surface area contributed by atoms with Crippen LogP contribution in [0, 0.1) is 5.82 Å². The van der Waals surface area contributed by atoms with Crippen LogP contribution >= 0.6 is 11.6 Å². The molecule has 1 fully saturated rings. The molecule has 0 saturated carbocycles. The molecule has 1 saturated heterocycles. The Labute approximate surface area is 196 Å². The highest BCUT2D eigenvalue weighted by Gasteiger charge is 2.31. The maximum Gasteiger partial charge on any atom is 0.243 e. The largest absolute Gasteiger partial charge is 0.368 e. The molecule has 0 bridgehead atoms. The minimum Gasteiger partial charge on any atom is -0.368 e. The van der Waals surface area contributed by atoms with Crippen LogP contribution in [0.5, 0.6) is 0 Å². The van der Waals surface area contributed by atoms with Crippen LogP contribution in [0.15, 0.2) is 53.4 Å². The molecular formula is C21H23ClFN7O2S. The number of nitrogens with two attached hydrogens (primary N) is 1. The average molecular weight is 492 g/mol. The second-order valence-corrected chi connectivity index (χ2v) is 9.90. The topological polar surface area (TPSA) is 117 Å². The molecule has 0 unspecified atom stereocenters. The number of piperazine rings is 1. The van der Waals surface area contributed by atoms with Gasteiger partial charge in [0.15, 0.2) is 5.82 Å². The number of para-hydroxylation sites is 1. The van der Waals surface area contributed by atoms with Gasteiger partial charge in [0.1, 0.15) is 5.82 Å². The number of aromatic nitrogens is 3. The number of rotatable bonds is 6. The number of hydrogen-bond donors (Lipinski definition) is 2. The lowest BCUT2D eigenvalue weighted by molar-refractivity contribution is 0.141. The molecule has 174 valence electrons. The van der Waals surface area contributed by atoms with Gasteiger partial charge >= 0.3 is 0 Å². The molecule has 2 heterocycles. The SMILES string of the molecule is C[C@H](c1nc(N)nc(Nc2ccccc2)n1)N1CCN(S(=O)(=O)c2ccc(F)c(Cl)c2)CC1. The van der Waals surface area contributed by atoms with E-state index in [0.29, 0.717) is 24.9 Å². The van der Waals surface area contributed by atoms with Gasteiger partial charge in [-0.05, 0) is 37.3 Å². The average Bonchev–Trinajstić information content (AvgIpc) is 2.80. The summed E-state index contributed by atoms with van der Waals surface area (Å²) in [6, 6.07) is 12.7. The van der Waals surface area contributed by atoms with Crippen molar-refractivity contribution in [2.45, 2.75) is 17.9 Å². The minimum atomic E-state index is -3.78. The predicted octanol–water partition coefficient (Wildman–Crippen LogP) is 3.06. The molecule has 9 nitrogen and oxygen atoms in total. The Hall–Kier alpha value is -2.86. The monoisotopic (exact) mass is 491 g/mol. The molecule has 0 radical (unpaired) electrons. The Bertz CT molecular complexity index is 1240. The second kappa shape index (κ2) is 9.56. The van der Waals surface area contributed by atoms with Gasteiger partial charge < -0.3 is 11.1 Å². The van der Waals surface area contributed by atoms with Crippen molar-refractivity contribution in [3.8, 4) is 0 Å². The third-order valence-corrected chi connectivity index (χ3v) is 7.61. The van der Waals surface area contributed by atoms with E-state index in [9.17, 15) is 12.8 Å². The highest BCUT2D eigenvalue weighted by atomic mass is 35.5. The third-order valence-electron chi connectivity index (χ3n) is 5.42. The van der Waals surface area contributed by atoms with Gasteiger partial charge in [-0.25, -0.2) is 12.8 Å². The van der Waals surface area contributed by atoms with E-state index in [0.717, 1.165) is 17.8 Å². The Morgan fingerprint density at radius 1 is 1.06 bits per heavy atom. The standard InChI is InChI=1S/C21H23ClFN7O2S/c1-14(19-26-20(24)28-21(27-19)25-15-5-3-2-4-6-15)29-9-11-30(12-10-29)33(31,32)16-7-8-18(23)17(22)13-16/h2-8,13-14H,9-12H2,1H3,(H3,24,25,26,27,28)/t14-/m1/s1. The molecule has 12 heteroatoms. The van der Waals surface area contributed by atoms with Crippen LogP contribution in [0.2, 0.25) is 5.02 Å². The lowest BCUT2D eigenvalue weighted by Gasteiger charge is -2.36. The number of nitrogen functional groups attached to an aromatic ring is 1. The molecule has 0 amide bonds. The van der Waals surface area contributed by atoms with E-state index in [4.69, 9.17) is 17.3 Å². The van der Waals surface area contributed by atoms with Gasteiger partial charge in [-0.2, -0.15) is 19.3 Å². The van der Waals surface area contributed by atoms with Crippen molar-refractivity contribution in [3.05, 3.63) is 65.2 Å². The number of sulfonamides is 1. The van der Waals surface area contributed by atoms with Crippen LogP contribution in [0.3, 0.4) is 0 Å². The maximum atomic E-state index is 13.4. The van der Waals surface area contributed by atoms with E-state index < -0.39 is 15.8 Å². The fourth-order valence-electron chi connectivity index (χ4n) is 3.58. The fourth-order valence-corrected chi connectivity index (χ4v) is 5.28. The quantitative estimate of drug-likeness (QED) is 0.540. The summed E-state index contributed by atoms with van der Waals surface area (Å²) in [6.45, 7) is 3.38. The number of nitrogens with zero attached hydrogens (tertiary/aromatic N) is 5. The van der Waals surface area contributed by atoms with Crippen molar-refractivity contribution in [2.75, 3.05) is 37.2 Å². The van der Waals surface area contributed by atoms with Crippen molar-refractivity contribution in [3.63, 3.8) is 0 Å². The summed E-state index contributed by atoms with van der Waals surface area (Å²) in [5, 5.41) is 2.88. The first-order valence-corrected chi connectivity index (χ1v) is 12.1. The smallest absolute Gasteiger partial charge is 0.243 e. The molecule has 0 spiro atoms. The number of halogens is 2. The van der Waals surface area contributed by atoms with Gasteiger partial charge in [0, 0.05) is 31.9 Å². The molecule has 33 heavy (non-hydrogen) atoms. The molecule has 3 N–H and O–H groups in total. The maximum absolute atomic E-state index is 13.4. The van der Waals surface area contributed by atoms with Crippen LogP contribution < -0.4 is 11.1 Å². The van der Waals surface area contributed by atoms with Gasteiger partial charge in [-0.3, -0.25) is 4.90 Å². The number of nitrogens with one attached hydrogen (secondary N) is 1. The van der Waals surface area contributed by atoms with Crippen molar-refractivity contribution < 1.29 is 12.8 Å². The van der Waals surface area contributed by atoms with E-state index in [2.05, 4.69) is 25.2 Å². The first kappa shape index (κ1) is 23.3. The molecule has 3 aromatic rings. The number of benzene rings is 2. The van der Waals surface area contributed by atoms with E-state index in [1.165, 1.54) is 10.4 Å². The normalized spacial score (nSPS) is 16.5. The molecule has 1 aliphatic rings. The highest BCUT2D eigenvalue weighted by molar-refractivity contribution is 7.89. The van der Waals surface area contributed by atoms with Crippen molar-refractivity contribution in [1.29, 1.82) is 0 Å². The Morgan fingerprint density at radius 2 is 1.76 bits per heavy atom. The summed E-state index contributed by atoms with van der Waals surface area (Å²) in [5.41, 5.74) is 6.72. The zero-order valence-corrected chi connectivity index (χ0v) is 19.4. The van der Waals surface area contributed by atoms with Crippen LogP contribution in [0.4, 0.5) is 22.0 Å². The summed E-state index contributed by atoms with van der Waals surface area (Å²) in [5.74, 6) is 0.263. The van der Waals surface area contributed by atoms with Crippen molar-refractivity contribution >= 4 is 39.2 Å². The lowest BCUT2D eigenvalue weighted by atomic mass is 10.2. The molecule has 2 aromatic carbocycles. The van der Waals surface area contributed by atoms with Crippen LogP contribution in [0.1, 0.15) is 18.8 Å². The van der Waals surface area contributed by atoms with Crippen LogP contribution in [0.25, 0.3) is 0 Å². The van der Waals surface area contributed by atoms with Gasteiger partial charge in [-0.1, -0.05) is 29.8 Å². The van der Waals surface area contributed by atoms with E-state index in [1.54, 1.807) is 0 Å². The summed E-state index contributed by atoms with van der Waals surface area (Å²) < 4.78 is 40.7. The zero-order chi connectivity index (χ0) is 23.6. The van der Waals surface area contributed by atoms with Crippen molar-refractivity contribution in [1.82, 2.24) is 24.2 Å². The first-order valence-electron chi connectivity index (χ1n) is 10.3. The highest BCUT2D eigenvalue weighted by Crippen LogP contribution is 2.26. The van der Waals surface area contributed by atoms with Gasteiger partial charge in [0.2, 0.25) is 21.9 Å². The zero-order valence-electron chi connectivity index (χ0n) is 17.8. The summed E-state index contributed by atoms with van der Waals surface area (Å²) >= 11 is 5.77. The summed E-state index contributed by atoms with van der Waals surface area (Å²) in [6.07, 6.45) is 0. The van der Waals surface area contributed by atoms with Crippen LogP contribution in [-0.2, 0) is 10.0 Å². The molecule has 1 aromatic heterocycles. The van der Waals surface area contributed by atoms with E-state index >= 15 is 0 Å². The molecule has 4 rings (SSSR count). The van der Waals surface area contributed by atoms with Gasteiger partial charge in [-0.15, -0.1) is 0 Å². The number of hydrogen-bond acceptors (Lipinski definition) is 8. The predicted molar refractivity (Wildman–Crippen MR) is 124 cm³/mol.